The number of nitrogens with zero attached hydrogens (tertiary/aromatic N) is 2. The minimum atomic E-state index is -0.199. The lowest BCUT2D eigenvalue weighted by Gasteiger charge is -2.21. The maximum Gasteiger partial charge on any atom is 0.248 e. The molecular formula is C20H20ClN3O2S2. The number of thioether (sulfide) groups is 1. The molecule has 1 aliphatic heterocycles. The highest BCUT2D eigenvalue weighted by Gasteiger charge is 2.14. The standard InChI is InChI=1S/C20H20ClN3O2S2/c21-19-17(24-8-11-27-20(24)23-19)4-5-18(25)22-15-3-1-2-14(12-15)13-28-16-6-9-26-10-7-16/h1-5,8,11-12,16H,6-7,9-10,13H2,(H,22,25). The molecule has 8 heteroatoms. The Balaban J connectivity index is 1.36. The van der Waals surface area contributed by atoms with Crippen molar-refractivity contribution >= 4 is 57.3 Å². The van der Waals surface area contributed by atoms with Crippen LogP contribution < -0.4 is 5.32 Å². The summed E-state index contributed by atoms with van der Waals surface area (Å²) in [6.07, 6.45) is 7.28. The van der Waals surface area contributed by atoms with Crippen molar-refractivity contribution < 1.29 is 9.53 Å². The Hall–Kier alpha value is -1.80. The van der Waals surface area contributed by atoms with Gasteiger partial charge in [-0.25, -0.2) is 4.98 Å². The van der Waals surface area contributed by atoms with Crippen LogP contribution in [0.3, 0.4) is 0 Å². The molecule has 3 aromatic rings. The molecule has 1 aliphatic rings. The van der Waals surface area contributed by atoms with E-state index in [-0.39, 0.29) is 5.91 Å². The van der Waals surface area contributed by atoms with E-state index in [9.17, 15) is 4.79 Å². The molecule has 1 amide bonds. The average Bonchev–Trinajstić information content (AvgIpc) is 3.26. The number of carbonyl (C=O) groups is 1. The molecule has 4 rings (SSSR count). The van der Waals surface area contributed by atoms with Gasteiger partial charge >= 0.3 is 0 Å². The van der Waals surface area contributed by atoms with Gasteiger partial charge in [-0.1, -0.05) is 23.7 Å². The highest BCUT2D eigenvalue weighted by molar-refractivity contribution is 7.99. The summed E-state index contributed by atoms with van der Waals surface area (Å²) in [5.41, 5.74) is 2.70. The maximum absolute atomic E-state index is 12.3. The average molecular weight is 434 g/mol. The lowest BCUT2D eigenvalue weighted by Crippen LogP contribution is -2.17. The van der Waals surface area contributed by atoms with E-state index in [1.807, 2.05) is 45.9 Å². The van der Waals surface area contributed by atoms with E-state index >= 15 is 0 Å². The van der Waals surface area contributed by atoms with Crippen molar-refractivity contribution in [2.24, 2.45) is 0 Å². The molecular weight excluding hydrogens is 414 g/mol. The smallest absolute Gasteiger partial charge is 0.248 e. The summed E-state index contributed by atoms with van der Waals surface area (Å²) in [6.45, 7) is 1.72. The van der Waals surface area contributed by atoms with Gasteiger partial charge in [0.05, 0.1) is 5.69 Å². The zero-order valence-corrected chi connectivity index (χ0v) is 17.5. The molecule has 1 saturated heterocycles. The fourth-order valence-electron chi connectivity index (χ4n) is 3.06. The predicted molar refractivity (Wildman–Crippen MR) is 117 cm³/mol. The molecule has 2 aromatic heterocycles. The van der Waals surface area contributed by atoms with Gasteiger partial charge in [-0.2, -0.15) is 11.8 Å². The highest BCUT2D eigenvalue weighted by atomic mass is 35.5. The van der Waals surface area contributed by atoms with E-state index in [1.54, 1.807) is 6.08 Å². The number of rotatable bonds is 6. The van der Waals surface area contributed by atoms with Crippen molar-refractivity contribution in [3.05, 3.63) is 58.3 Å². The minimum absolute atomic E-state index is 0.199. The van der Waals surface area contributed by atoms with E-state index in [0.29, 0.717) is 16.1 Å². The second-order valence-corrected chi connectivity index (χ2v) is 9.01. The quantitative estimate of drug-likeness (QED) is 0.548. The Morgan fingerprint density at radius 1 is 1.43 bits per heavy atom. The second-order valence-electron chi connectivity index (χ2n) is 6.49. The monoisotopic (exact) mass is 433 g/mol. The Morgan fingerprint density at radius 3 is 3.14 bits per heavy atom. The topological polar surface area (TPSA) is 55.6 Å². The second kappa shape index (κ2) is 9.13. The molecule has 28 heavy (non-hydrogen) atoms. The van der Waals surface area contributed by atoms with Gasteiger partial charge < -0.3 is 10.1 Å². The van der Waals surface area contributed by atoms with Gasteiger partial charge in [0, 0.05) is 47.6 Å². The molecule has 146 valence electrons. The summed E-state index contributed by atoms with van der Waals surface area (Å²) in [4.78, 5) is 17.4. The number of carbonyl (C=O) groups excluding carboxylic acids is 1. The Morgan fingerprint density at radius 2 is 2.29 bits per heavy atom. The van der Waals surface area contributed by atoms with Crippen LogP contribution in [0.1, 0.15) is 24.1 Å². The molecule has 0 radical (unpaired) electrons. The third-order valence-electron chi connectivity index (χ3n) is 4.50. The Labute approximate surface area is 176 Å². The van der Waals surface area contributed by atoms with Gasteiger partial charge in [0.25, 0.3) is 0 Å². The van der Waals surface area contributed by atoms with Crippen LogP contribution in [-0.2, 0) is 15.3 Å². The molecule has 0 spiro atoms. The van der Waals surface area contributed by atoms with E-state index in [4.69, 9.17) is 16.3 Å². The van der Waals surface area contributed by atoms with Crippen molar-refractivity contribution in [2.75, 3.05) is 18.5 Å². The molecule has 3 heterocycles. The van der Waals surface area contributed by atoms with E-state index in [2.05, 4.69) is 16.4 Å². The molecule has 1 N–H and O–H groups in total. The fraction of sp³-hybridized carbons (Fsp3) is 0.300. The van der Waals surface area contributed by atoms with Gasteiger partial charge in [-0.15, -0.1) is 11.3 Å². The molecule has 1 fully saturated rings. The zero-order valence-electron chi connectivity index (χ0n) is 15.1. The molecule has 5 nitrogen and oxygen atoms in total. The number of thiazole rings is 1. The van der Waals surface area contributed by atoms with Crippen LogP contribution >= 0.6 is 34.7 Å². The van der Waals surface area contributed by atoms with Crippen molar-refractivity contribution in [1.82, 2.24) is 9.38 Å². The SMILES string of the molecule is O=C(C=Cc1c(Cl)nc2sccn12)Nc1cccc(CSC2CCOCC2)c1. The highest BCUT2D eigenvalue weighted by Crippen LogP contribution is 2.26. The summed E-state index contributed by atoms with van der Waals surface area (Å²) < 4.78 is 7.28. The number of amides is 1. The number of anilines is 1. The number of hydrogen-bond acceptors (Lipinski definition) is 5. The maximum atomic E-state index is 12.3. The summed E-state index contributed by atoms with van der Waals surface area (Å²) in [7, 11) is 0. The van der Waals surface area contributed by atoms with Gasteiger partial charge in [0.2, 0.25) is 5.91 Å². The first-order chi connectivity index (χ1) is 13.7. The Bertz CT molecular complexity index is 992. The van der Waals surface area contributed by atoms with Crippen LogP contribution in [0, 0.1) is 0 Å². The number of fused-ring (bicyclic) bond motifs is 1. The number of imidazole rings is 1. The third kappa shape index (κ3) is 4.78. The van der Waals surface area contributed by atoms with Crippen molar-refractivity contribution in [3.63, 3.8) is 0 Å². The summed E-state index contributed by atoms with van der Waals surface area (Å²) in [6, 6.07) is 8.00. The van der Waals surface area contributed by atoms with Crippen LogP contribution in [0.4, 0.5) is 5.69 Å². The zero-order chi connectivity index (χ0) is 19.3. The van der Waals surface area contributed by atoms with E-state index in [1.165, 1.54) is 23.0 Å². The fourth-order valence-corrected chi connectivity index (χ4v) is 5.20. The first-order valence-electron chi connectivity index (χ1n) is 9.07. The normalized spacial score (nSPS) is 15.5. The molecule has 1 aromatic carbocycles. The predicted octanol–water partition coefficient (Wildman–Crippen LogP) is 5.11. The van der Waals surface area contributed by atoms with Crippen LogP contribution in [0.25, 0.3) is 11.0 Å². The Kier molecular flexibility index (Phi) is 6.36. The number of ether oxygens (including phenoxy) is 1. The molecule has 0 aliphatic carbocycles. The molecule has 0 bridgehead atoms. The largest absolute Gasteiger partial charge is 0.381 e. The molecule has 0 saturated carbocycles. The molecule has 0 atom stereocenters. The number of halogens is 1. The number of benzene rings is 1. The van der Waals surface area contributed by atoms with Gasteiger partial charge in [-0.3, -0.25) is 9.20 Å². The number of hydrogen-bond donors (Lipinski definition) is 1. The summed E-state index contributed by atoms with van der Waals surface area (Å²) in [5, 5.41) is 5.90. The first-order valence-corrected chi connectivity index (χ1v) is 11.4. The minimum Gasteiger partial charge on any atom is -0.381 e. The van der Waals surface area contributed by atoms with Gasteiger partial charge in [-0.05, 0) is 36.6 Å². The lowest BCUT2D eigenvalue weighted by molar-refractivity contribution is -0.111. The van der Waals surface area contributed by atoms with Crippen molar-refractivity contribution in [1.29, 1.82) is 0 Å². The van der Waals surface area contributed by atoms with Gasteiger partial charge in [0.1, 0.15) is 0 Å². The number of aromatic nitrogens is 2. The number of nitrogens with one attached hydrogen (secondary N) is 1. The lowest BCUT2D eigenvalue weighted by atomic mass is 10.2. The van der Waals surface area contributed by atoms with E-state index < -0.39 is 0 Å². The van der Waals surface area contributed by atoms with Crippen LogP contribution in [-0.4, -0.2) is 33.8 Å². The third-order valence-corrected chi connectivity index (χ3v) is 6.97. The van der Waals surface area contributed by atoms with Gasteiger partial charge in [0.15, 0.2) is 10.1 Å². The van der Waals surface area contributed by atoms with Crippen LogP contribution in [0.2, 0.25) is 5.15 Å². The summed E-state index contributed by atoms with van der Waals surface area (Å²) >= 11 is 9.61. The molecule has 0 unspecified atom stereocenters. The van der Waals surface area contributed by atoms with E-state index in [0.717, 1.165) is 42.5 Å². The van der Waals surface area contributed by atoms with Crippen molar-refractivity contribution in [3.8, 4) is 0 Å². The van der Waals surface area contributed by atoms with Crippen LogP contribution in [0.15, 0.2) is 41.9 Å². The first kappa shape index (κ1) is 19.5. The summed E-state index contributed by atoms with van der Waals surface area (Å²) in [5.74, 6) is 0.738. The van der Waals surface area contributed by atoms with Crippen LogP contribution in [0.5, 0.6) is 0 Å². The van der Waals surface area contributed by atoms with Crippen molar-refractivity contribution in [2.45, 2.75) is 23.8 Å².